The molecule has 0 aromatic rings. The van der Waals surface area contributed by atoms with E-state index in [1.54, 1.807) is 12.0 Å². The third-order valence-electron chi connectivity index (χ3n) is 4.59. The first-order chi connectivity index (χ1) is 14.3. The van der Waals surface area contributed by atoms with Crippen molar-refractivity contribution in [2.45, 2.75) is 72.6 Å². The van der Waals surface area contributed by atoms with Gasteiger partial charge in [0.05, 0.1) is 19.8 Å². The van der Waals surface area contributed by atoms with Gasteiger partial charge in [-0.15, -0.1) is 0 Å². The maximum Gasteiger partial charge on any atom is 0.436 e. The van der Waals surface area contributed by atoms with E-state index in [2.05, 4.69) is 13.8 Å². The molecule has 1 atom stereocenters. The van der Waals surface area contributed by atoms with Crippen LogP contribution in [0.1, 0.15) is 60.8 Å². The zero-order valence-electron chi connectivity index (χ0n) is 19.6. The van der Waals surface area contributed by atoms with Crippen LogP contribution in [-0.4, -0.2) is 84.5 Å². The van der Waals surface area contributed by atoms with Crippen LogP contribution in [0.4, 0.5) is 4.79 Å². The summed E-state index contributed by atoms with van der Waals surface area (Å²) in [6.07, 6.45) is 1.05. The van der Waals surface area contributed by atoms with E-state index >= 15 is 0 Å². The van der Waals surface area contributed by atoms with Gasteiger partial charge in [0, 0.05) is 13.7 Å². The summed E-state index contributed by atoms with van der Waals surface area (Å²) in [5.74, 6) is -0.188. The van der Waals surface area contributed by atoms with E-state index in [0.717, 1.165) is 5.06 Å². The van der Waals surface area contributed by atoms with Crippen molar-refractivity contribution in [3.05, 3.63) is 0 Å². The van der Waals surface area contributed by atoms with Gasteiger partial charge in [-0.25, -0.2) is 9.63 Å². The van der Waals surface area contributed by atoms with E-state index < -0.39 is 17.9 Å². The molecular formula is C21H39N3O6. The second-order valence-electron chi connectivity index (χ2n) is 7.84. The van der Waals surface area contributed by atoms with Gasteiger partial charge in [0.1, 0.15) is 6.54 Å². The molecule has 0 radical (unpaired) electrons. The molecule has 9 heteroatoms. The number of carbonyl (C=O) groups excluding carboxylic acids is 3. The summed E-state index contributed by atoms with van der Waals surface area (Å²) in [6, 6.07) is 0. The van der Waals surface area contributed by atoms with Crippen LogP contribution in [-0.2, 0) is 23.9 Å². The van der Waals surface area contributed by atoms with Crippen LogP contribution < -0.4 is 0 Å². The van der Waals surface area contributed by atoms with Crippen molar-refractivity contribution < 1.29 is 28.7 Å². The average molecular weight is 430 g/mol. The molecule has 3 fully saturated rings. The highest BCUT2D eigenvalue weighted by Crippen LogP contribution is 2.46. The van der Waals surface area contributed by atoms with Gasteiger partial charge in [-0.1, -0.05) is 48.0 Å². The van der Waals surface area contributed by atoms with Crippen LogP contribution in [0.2, 0.25) is 0 Å². The highest BCUT2D eigenvalue weighted by molar-refractivity contribution is 5.94. The first-order valence-corrected chi connectivity index (χ1v) is 11.0. The quantitative estimate of drug-likeness (QED) is 0.668. The Bertz CT molecular complexity index is 579. The van der Waals surface area contributed by atoms with E-state index in [1.165, 1.54) is 11.3 Å². The van der Waals surface area contributed by atoms with Crippen molar-refractivity contribution in [1.82, 2.24) is 14.9 Å². The topological polar surface area (TPSA) is 88.6 Å². The first kappa shape index (κ1) is 26.2. The van der Waals surface area contributed by atoms with Crippen molar-refractivity contribution in [1.29, 1.82) is 0 Å². The highest BCUT2D eigenvalue weighted by atomic mass is 16.8. The minimum Gasteiger partial charge on any atom is -0.448 e. The number of rotatable bonds is 5. The Morgan fingerprint density at radius 3 is 2.33 bits per heavy atom. The summed E-state index contributed by atoms with van der Waals surface area (Å²) in [5.41, 5.74) is -0.998. The van der Waals surface area contributed by atoms with E-state index in [0.29, 0.717) is 26.0 Å². The Kier molecular flexibility index (Phi) is 10.6. The lowest BCUT2D eigenvalue weighted by Crippen LogP contribution is -2.71. The molecule has 1 saturated carbocycles. The Labute approximate surface area is 180 Å². The molecule has 3 aliphatic rings. The zero-order chi connectivity index (χ0) is 22.9. The van der Waals surface area contributed by atoms with Crippen molar-refractivity contribution in [3.8, 4) is 0 Å². The van der Waals surface area contributed by atoms with Gasteiger partial charge in [0.15, 0.2) is 11.8 Å². The summed E-state index contributed by atoms with van der Waals surface area (Å²) in [6.45, 7) is 13.3. The maximum absolute atomic E-state index is 12.7. The van der Waals surface area contributed by atoms with E-state index in [9.17, 15) is 14.4 Å². The van der Waals surface area contributed by atoms with Gasteiger partial charge in [0.2, 0.25) is 5.91 Å². The standard InChI is InChI=1S/C16H25N3O6.C3H8.C2H6/c1-11(2)10-24-15(22)19-12-8-17(6-7-23-3)13(20)9-18(12)14(21)16(25-19)4-5-16;1-3-2;1-2/h11-12H,4-10H2,1-3H3;3H2,1-2H3;1-2H3. The van der Waals surface area contributed by atoms with E-state index in [4.69, 9.17) is 14.3 Å². The normalized spacial score (nSPS) is 21.5. The predicted octanol–water partition coefficient (Wildman–Crippen LogP) is 2.64. The van der Waals surface area contributed by atoms with Crippen molar-refractivity contribution in [2.75, 3.05) is 40.0 Å². The molecule has 0 aromatic carbocycles. The third-order valence-corrected chi connectivity index (χ3v) is 4.59. The summed E-state index contributed by atoms with van der Waals surface area (Å²) >= 11 is 0. The van der Waals surface area contributed by atoms with Gasteiger partial charge in [-0.2, -0.15) is 5.06 Å². The molecule has 2 heterocycles. The molecule has 2 saturated heterocycles. The molecule has 2 aliphatic heterocycles. The second-order valence-corrected chi connectivity index (χ2v) is 7.84. The molecule has 3 amide bonds. The number of carbonyl (C=O) groups is 3. The second kappa shape index (κ2) is 12.1. The van der Waals surface area contributed by atoms with E-state index in [-0.39, 0.29) is 37.4 Å². The predicted molar refractivity (Wildman–Crippen MR) is 112 cm³/mol. The summed E-state index contributed by atoms with van der Waals surface area (Å²) in [5, 5.41) is 1.14. The minimum absolute atomic E-state index is 0.0632. The van der Waals surface area contributed by atoms with Gasteiger partial charge < -0.3 is 19.3 Å². The highest BCUT2D eigenvalue weighted by Gasteiger charge is 2.63. The molecule has 1 spiro atoms. The minimum atomic E-state index is -0.998. The average Bonchev–Trinajstić information content (AvgIpc) is 3.50. The van der Waals surface area contributed by atoms with Crippen LogP contribution in [0.3, 0.4) is 0 Å². The first-order valence-electron chi connectivity index (χ1n) is 11.0. The largest absolute Gasteiger partial charge is 0.448 e. The van der Waals surface area contributed by atoms with Crippen molar-refractivity contribution in [3.63, 3.8) is 0 Å². The smallest absolute Gasteiger partial charge is 0.436 e. The Hall–Kier alpha value is -1.87. The number of fused-ring (bicyclic) bond motifs is 1. The molecule has 0 aromatic heterocycles. The number of hydroxylamine groups is 2. The number of ether oxygens (including phenoxy) is 2. The monoisotopic (exact) mass is 429 g/mol. The lowest BCUT2D eigenvalue weighted by atomic mass is 10.1. The van der Waals surface area contributed by atoms with Gasteiger partial charge in [-0.3, -0.25) is 9.59 Å². The van der Waals surface area contributed by atoms with Gasteiger partial charge in [0.25, 0.3) is 5.91 Å². The lowest BCUT2D eigenvalue weighted by Gasteiger charge is -2.49. The fourth-order valence-electron chi connectivity index (χ4n) is 3.00. The molecule has 9 nitrogen and oxygen atoms in total. The fourth-order valence-corrected chi connectivity index (χ4v) is 3.00. The molecule has 3 rings (SSSR count). The molecule has 174 valence electrons. The molecule has 0 N–H and O–H groups in total. The molecule has 0 bridgehead atoms. The molecule has 1 unspecified atom stereocenters. The molecular weight excluding hydrogens is 390 g/mol. The molecule has 30 heavy (non-hydrogen) atoms. The zero-order valence-corrected chi connectivity index (χ0v) is 19.6. The number of nitrogens with zero attached hydrogens (tertiary/aromatic N) is 3. The SMILES string of the molecule is CC.CCC.COCCN1CC2N(CC1=O)C(=O)C1(CC1)ON2C(=O)OCC(C)C. The van der Waals surface area contributed by atoms with Crippen LogP contribution >= 0.6 is 0 Å². The van der Waals surface area contributed by atoms with Gasteiger partial charge in [-0.05, 0) is 18.8 Å². The third kappa shape index (κ3) is 6.31. The Morgan fingerprint density at radius 1 is 1.23 bits per heavy atom. The molecule has 1 aliphatic carbocycles. The number of amides is 3. The van der Waals surface area contributed by atoms with Crippen molar-refractivity contribution in [2.24, 2.45) is 5.92 Å². The number of piperazine rings is 1. The van der Waals surface area contributed by atoms with Crippen LogP contribution in [0.15, 0.2) is 0 Å². The van der Waals surface area contributed by atoms with Crippen LogP contribution in [0.25, 0.3) is 0 Å². The number of methoxy groups -OCH3 is 1. The lowest BCUT2D eigenvalue weighted by molar-refractivity contribution is -0.269. The number of hydrogen-bond acceptors (Lipinski definition) is 6. The van der Waals surface area contributed by atoms with Crippen LogP contribution in [0, 0.1) is 5.92 Å². The fraction of sp³-hybridized carbons (Fsp3) is 0.857. The van der Waals surface area contributed by atoms with Gasteiger partial charge >= 0.3 is 6.09 Å². The summed E-state index contributed by atoms with van der Waals surface area (Å²) < 4.78 is 10.3. The summed E-state index contributed by atoms with van der Waals surface area (Å²) in [7, 11) is 1.56. The number of hydrogen-bond donors (Lipinski definition) is 0. The Balaban J connectivity index is 0.000000826. The van der Waals surface area contributed by atoms with E-state index in [1.807, 2.05) is 27.7 Å². The van der Waals surface area contributed by atoms with Crippen LogP contribution in [0.5, 0.6) is 0 Å². The Morgan fingerprint density at radius 2 is 1.83 bits per heavy atom. The summed E-state index contributed by atoms with van der Waals surface area (Å²) in [4.78, 5) is 46.3. The maximum atomic E-state index is 12.7. The van der Waals surface area contributed by atoms with Crippen molar-refractivity contribution >= 4 is 17.9 Å².